The van der Waals surface area contributed by atoms with Crippen molar-refractivity contribution < 1.29 is 24.1 Å². The molecule has 0 aromatic heterocycles. The molecule has 1 aromatic rings. The smallest absolute Gasteiger partial charge is 0.163 e. The van der Waals surface area contributed by atoms with E-state index in [1.54, 1.807) is 0 Å². The van der Waals surface area contributed by atoms with E-state index in [0.717, 1.165) is 6.07 Å². The molecule has 19 heavy (non-hydrogen) atoms. The minimum absolute atomic E-state index is 0.167. The maximum Gasteiger partial charge on any atom is 0.163 e. The number of aliphatic hydroxyl groups excluding tert-OH is 2. The van der Waals surface area contributed by atoms with E-state index in [1.165, 1.54) is 20.3 Å². The van der Waals surface area contributed by atoms with E-state index in [-0.39, 0.29) is 23.6 Å². The fourth-order valence-electron chi connectivity index (χ4n) is 1.52. The topological polar surface area (TPSA) is 108 Å². The van der Waals surface area contributed by atoms with Crippen molar-refractivity contribution in [1.29, 1.82) is 0 Å². The Bertz CT molecular complexity index is 491. The van der Waals surface area contributed by atoms with Gasteiger partial charge in [0.05, 0.1) is 26.9 Å². The van der Waals surface area contributed by atoms with Gasteiger partial charge >= 0.3 is 0 Å². The summed E-state index contributed by atoms with van der Waals surface area (Å²) < 4.78 is 23.7. The Balaban J connectivity index is 3.08. The number of halogens is 1. The summed E-state index contributed by atoms with van der Waals surface area (Å²) in [4.78, 5) is 2.45. The van der Waals surface area contributed by atoms with E-state index in [9.17, 15) is 14.6 Å². The van der Waals surface area contributed by atoms with Crippen molar-refractivity contribution >= 4 is 0 Å². The first-order valence-electron chi connectivity index (χ1n) is 5.33. The van der Waals surface area contributed by atoms with Gasteiger partial charge < -0.3 is 19.7 Å². The Kier molecular flexibility index (Phi) is 5.37. The predicted molar refractivity (Wildman–Crippen MR) is 64.5 cm³/mol. The average molecular weight is 271 g/mol. The lowest BCUT2D eigenvalue weighted by Crippen LogP contribution is -2.22. The highest BCUT2D eigenvalue weighted by Crippen LogP contribution is 2.33. The van der Waals surface area contributed by atoms with Gasteiger partial charge in [-0.15, -0.1) is 0 Å². The summed E-state index contributed by atoms with van der Waals surface area (Å²) in [6.07, 6.45) is -2.95. The van der Waals surface area contributed by atoms with E-state index in [1.807, 2.05) is 0 Å². The van der Waals surface area contributed by atoms with E-state index < -0.39 is 18.0 Å². The SMILES string of the molecule is COc1cc(F)c(C(O)C(O)CN=[N+]=[N-])cc1OC. The third-order valence-corrected chi connectivity index (χ3v) is 2.52. The van der Waals surface area contributed by atoms with Crippen LogP contribution < -0.4 is 9.47 Å². The zero-order valence-electron chi connectivity index (χ0n) is 10.4. The zero-order chi connectivity index (χ0) is 14.4. The second-order valence-electron chi connectivity index (χ2n) is 3.65. The summed E-state index contributed by atoms with van der Waals surface area (Å²) in [5, 5.41) is 22.5. The molecule has 0 saturated carbocycles. The van der Waals surface area contributed by atoms with Crippen LogP contribution in [0.1, 0.15) is 11.7 Å². The first-order chi connectivity index (χ1) is 9.04. The molecule has 0 heterocycles. The number of methoxy groups -OCH3 is 2. The molecule has 1 rings (SSSR count). The van der Waals surface area contributed by atoms with Crippen molar-refractivity contribution in [2.24, 2.45) is 5.11 Å². The molecule has 0 spiro atoms. The Hall–Kier alpha value is -2.02. The minimum atomic E-state index is -1.54. The van der Waals surface area contributed by atoms with Crippen LogP contribution in [0.25, 0.3) is 10.4 Å². The van der Waals surface area contributed by atoms with Gasteiger partial charge in [-0.05, 0) is 11.6 Å². The quantitative estimate of drug-likeness (QED) is 0.464. The molecule has 7 nitrogen and oxygen atoms in total. The van der Waals surface area contributed by atoms with Crippen LogP contribution in [-0.4, -0.2) is 37.1 Å². The molecule has 0 amide bonds. The minimum Gasteiger partial charge on any atom is -0.493 e. The Morgan fingerprint density at radius 3 is 2.42 bits per heavy atom. The molecule has 1 aromatic carbocycles. The first kappa shape index (κ1) is 15.0. The van der Waals surface area contributed by atoms with Crippen molar-refractivity contribution in [3.63, 3.8) is 0 Å². The highest BCUT2D eigenvalue weighted by molar-refractivity contribution is 5.44. The highest BCUT2D eigenvalue weighted by atomic mass is 19.1. The van der Waals surface area contributed by atoms with Crippen LogP contribution in [0.15, 0.2) is 17.2 Å². The monoisotopic (exact) mass is 271 g/mol. The van der Waals surface area contributed by atoms with Crippen molar-refractivity contribution in [3.8, 4) is 11.5 Å². The van der Waals surface area contributed by atoms with Crippen LogP contribution >= 0.6 is 0 Å². The molecule has 2 atom stereocenters. The number of hydrogen-bond donors (Lipinski definition) is 2. The lowest BCUT2D eigenvalue weighted by atomic mass is 10.0. The van der Waals surface area contributed by atoms with Gasteiger partial charge in [0.15, 0.2) is 11.5 Å². The molecule has 0 bridgehead atoms. The number of aliphatic hydroxyl groups is 2. The maximum atomic E-state index is 13.8. The van der Waals surface area contributed by atoms with Crippen molar-refractivity contribution in [2.75, 3.05) is 20.8 Å². The standard InChI is InChI=1S/C11H14FN3O4/c1-18-9-3-6(7(12)4-10(9)19-2)11(17)8(16)5-14-15-13/h3-4,8,11,16-17H,5H2,1-2H3. The Labute approximate surface area is 108 Å². The van der Waals surface area contributed by atoms with E-state index >= 15 is 0 Å². The number of azide groups is 1. The third kappa shape index (κ3) is 3.47. The fourth-order valence-corrected chi connectivity index (χ4v) is 1.52. The second kappa shape index (κ2) is 6.79. The summed E-state index contributed by atoms with van der Waals surface area (Å²) in [5.74, 6) is -0.375. The van der Waals surface area contributed by atoms with Crippen LogP contribution in [0.5, 0.6) is 11.5 Å². The molecule has 104 valence electrons. The molecule has 0 aliphatic carbocycles. The van der Waals surface area contributed by atoms with Gasteiger partial charge in [0, 0.05) is 16.5 Å². The first-order valence-corrected chi connectivity index (χ1v) is 5.33. The lowest BCUT2D eigenvalue weighted by molar-refractivity contribution is 0.0221. The van der Waals surface area contributed by atoms with Gasteiger partial charge in [0.1, 0.15) is 11.9 Å². The maximum absolute atomic E-state index is 13.8. The molecule has 2 N–H and O–H groups in total. The van der Waals surface area contributed by atoms with Gasteiger partial charge in [-0.1, -0.05) is 5.11 Å². The zero-order valence-corrected chi connectivity index (χ0v) is 10.4. The summed E-state index contributed by atoms with van der Waals surface area (Å²) in [5.41, 5.74) is 7.96. The average Bonchev–Trinajstić information content (AvgIpc) is 2.43. The van der Waals surface area contributed by atoms with Crippen LogP contribution in [-0.2, 0) is 0 Å². The van der Waals surface area contributed by atoms with Gasteiger partial charge in [-0.2, -0.15) is 0 Å². The van der Waals surface area contributed by atoms with Crippen LogP contribution in [0.3, 0.4) is 0 Å². The van der Waals surface area contributed by atoms with Gasteiger partial charge in [-0.25, -0.2) is 4.39 Å². The summed E-state index contributed by atoms with van der Waals surface area (Å²) in [7, 11) is 2.71. The van der Waals surface area contributed by atoms with E-state index in [4.69, 9.17) is 15.0 Å². The van der Waals surface area contributed by atoms with Gasteiger partial charge in [-0.3, -0.25) is 0 Å². The predicted octanol–water partition coefficient (Wildman–Crippen LogP) is 1.55. The van der Waals surface area contributed by atoms with E-state index in [0.29, 0.717) is 0 Å². The molecule has 0 saturated heterocycles. The molecule has 0 radical (unpaired) electrons. The van der Waals surface area contributed by atoms with Gasteiger partial charge in [0.2, 0.25) is 0 Å². The van der Waals surface area contributed by atoms with Crippen molar-refractivity contribution in [1.82, 2.24) is 0 Å². The summed E-state index contributed by atoms with van der Waals surface area (Å²) >= 11 is 0. The second-order valence-corrected chi connectivity index (χ2v) is 3.65. The Morgan fingerprint density at radius 2 is 1.89 bits per heavy atom. The number of benzene rings is 1. The lowest BCUT2D eigenvalue weighted by Gasteiger charge is -2.18. The molecular formula is C11H14FN3O4. The van der Waals surface area contributed by atoms with Crippen LogP contribution in [0, 0.1) is 5.82 Å². The number of rotatable bonds is 6. The largest absolute Gasteiger partial charge is 0.493 e. The van der Waals surface area contributed by atoms with Crippen molar-refractivity contribution in [2.45, 2.75) is 12.2 Å². The molecule has 0 aliphatic rings. The highest BCUT2D eigenvalue weighted by Gasteiger charge is 2.23. The number of nitrogens with zero attached hydrogens (tertiary/aromatic N) is 3. The van der Waals surface area contributed by atoms with Crippen molar-refractivity contribution in [3.05, 3.63) is 34.0 Å². The molecule has 0 aliphatic heterocycles. The van der Waals surface area contributed by atoms with E-state index in [2.05, 4.69) is 10.0 Å². The Morgan fingerprint density at radius 1 is 1.32 bits per heavy atom. The normalized spacial score (nSPS) is 13.3. The molecule has 0 fully saturated rings. The van der Waals surface area contributed by atoms with Crippen LogP contribution in [0.2, 0.25) is 0 Å². The third-order valence-electron chi connectivity index (χ3n) is 2.52. The molecule has 8 heteroatoms. The number of hydrogen-bond acceptors (Lipinski definition) is 5. The summed E-state index contributed by atoms with van der Waals surface area (Å²) in [6, 6.07) is 2.26. The van der Waals surface area contributed by atoms with Gasteiger partial charge in [0.25, 0.3) is 0 Å². The molecular weight excluding hydrogens is 257 g/mol. The number of ether oxygens (including phenoxy) is 2. The summed E-state index contributed by atoms with van der Waals surface area (Å²) in [6.45, 7) is -0.370. The van der Waals surface area contributed by atoms with Crippen LogP contribution in [0.4, 0.5) is 4.39 Å². The molecule has 2 unspecified atom stereocenters. The fraction of sp³-hybridized carbons (Fsp3) is 0.455.